The summed E-state index contributed by atoms with van der Waals surface area (Å²) in [6.45, 7) is 1.53. The van der Waals surface area contributed by atoms with Crippen LogP contribution in [-0.2, 0) is 21.4 Å². The molecule has 1 fully saturated rings. The second kappa shape index (κ2) is 9.50. The summed E-state index contributed by atoms with van der Waals surface area (Å²) in [7, 11) is -3.65. The molecule has 0 saturated carbocycles. The smallest absolute Gasteiger partial charge is 0.285 e. The fraction of sp³-hybridized carbons (Fsp3) is 0.231. The molecule has 2 heterocycles. The number of nitrogens with zero attached hydrogens (tertiary/aromatic N) is 2. The van der Waals surface area contributed by atoms with Gasteiger partial charge in [-0.15, -0.1) is 4.40 Å². The first-order valence-corrected chi connectivity index (χ1v) is 12.8. The van der Waals surface area contributed by atoms with Gasteiger partial charge in [0.1, 0.15) is 22.2 Å². The normalized spacial score (nSPS) is 16.9. The van der Waals surface area contributed by atoms with Crippen molar-refractivity contribution in [2.45, 2.75) is 24.3 Å². The zero-order valence-electron chi connectivity index (χ0n) is 18.9. The number of sulfonamides is 1. The standard InChI is InChI=1S/C26H24FN3O4S/c27-20-7-11-22(12-8-20)34-21-9-5-18(6-10-21)17-28-26(31)19-13-15-30(16-14-19)25-23-3-1-2-4-24(23)35(32,33)29-25/h1-12,19H,13-17H2,(H,28,31). The Morgan fingerprint density at radius 3 is 2.29 bits per heavy atom. The number of likely N-dealkylation sites (tertiary alicyclic amines) is 1. The lowest BCUT2D eigenvalue weighted by Gasteiger charge is -2.32. The third-order valence-corrected chi connectivity index (χ3v) is 7.54. The van der Waals surface area contributed by atoms with Crippen LogP contribution < -0.4 is 10.1 Å². The molecule has 35 heavy (non-hydrogen) atoms. The van der Waals surface area contributed by atoms with Crippen molar-refractivity contribution in [1.82, 2.24) is 10.2 Å². The number of carbonyl (C=O) groups is 1. The van der Waals surface area contributed by atoms with Crippen LogP contribution in [0.2, 0.25) is 0 Å². The molecule has 1 saturated heterocycles. The van der Waals surface area contributed by atoms with E-state index >= 15 is 0 Å². The van der Waals surface area contributed by atoms with Crippen LogP contribution >= 0.6 is 0 Å². The van der Waals surface area contributed by atoms with E-state index in [-0.39, 0.29) is 22.5 Å². The van der Waals surface area contributed by atoms with Gasteiger partial charge in [0, 0.05) is 31.1 Å². The summed E-state index contributed by atoms with van der Waals surface area (Å²) < 4.78 is 47.3. The fourth-order valence-corrected chi connectivity index (χ4v) is 5.55. The highest BCUT2D eigenvalue weighted by Gasteiger charge is 2.34. The third kappa shape index (κ3) is 5.05. The highest BCUT2D eigenvalue weighted by molar-refractivity contribution is 7.90. The van der Waals surface area contributed by atoms with E-state index in [1.165, 1.54) is 12.1 Å². The molecule has 0 radical (unpaired) electrons. The van der Waals surface area contributed by atoms with Crippen molar-refractivity contribution >= 4 is 21.8 Å². The van der Waals surface area contributed by atoms with E-state index in [4.69, 9.17) is 4.74 Å². The first kappa shape index (κ1) is 23.0. The number of fused-ring (bicyclic) bond motifs is 1. The van der Waals surface area contributed by atoms with Gasteiger partial charge < -0.3 is 15.0 Å². The molecule has 0 aliphatic carbocycles. The van der Waals surface area contributed by atoms with Crippen LogP contribution in [0.5, 0.6) is 11.5 Å². The molecule has 3 aromatic rings. The Morgan fingerprint density at radius 1 is 0.971 bits per heavy atom. The summed E-state index contributed by atoms with van der Waals surface area (Å²) in [6.07, 6.45) is 1.25. The van der Waals surface area contributed by atoms with E-state index in [0.717, 1.165) is 5.56 Å². The lowest BCUT2D eigenvalue weighted by molar-refractivity contribution is -0.126. The van der Waals surface area contributed by atoms with Gasteiger partial charge in [0.15, 0.2) is 5.84 Å². The maximum Gasteiger partial charge on any atom is 0.285 e. The predicted molar refractivity (Wildman–Crippen MR) is 129 cm³/mol. The second-order valence-electron chi connectivity index (χ2n) is 8.57. The van der Waals surface area contributed by atoms with E-state index in [0.29, 0.717) is 55.4 Å². The number of rotatable bonds is 5. The summed E-state index contributed by atoms with van der Waals surface area (Å²) in [4.78, 5) is 14.9. The Balaban J connectivity index is 1.12. The molecule has 5 rings (SSSR count). The Labute approximate surface area is 203 Å². The Hall–Kier alpha value is -3.72. The SMILES string of the molecule is O=C(NCc1ccc(Oc2ccc(F)cc2)cc1)C1CCN(C2=NS(=O)(=O)c3ccccc32)CC1. The van der Waals surface area contributed by atoms with Crippen molar-refractivity contribution in [3.63, 3.8) is 0 Å². The molecule has 0 bridgehead atoms. The molecule has 2 aliphatic rings. The largest absolute Gasteiger partial charge is 0.457 e. The molecule has 180 valence electrons. The monoisotopic (exact) mass is 493 g/mol. The van der Waals surface area contributed by atoms with E-state index in [1.54, 1.807) is 48.5 Å². The Morgan fingerprint density at radius 2 is 1.60 bits per heavy atom. The Kier molecular flexibility index (Phi) is 6.25. The molecule has 0 unspecified atom stereocenters. The van der Waals surface area contributed by atoms with Gasteiger partial charge in [0.25, 0.3) is 10.0 Å². The number of ether oxygens (including phenoxy) is 1. The summed E-state index contributed by atoms with van der Waals surface area (Å²) in [5.74, 6) is 1.17. The molecule has 0 atom stereocenters. The van der Waals surface area contributed by atoms with Crippen molar-refractivity contribution in [2.24, 2.45) is 10.3 Å². The number of carbonyl (C=O) groups excluding carboxylic acids is 1. The van der Waals surface area contributed by atoms with Crippen molar-refractivity contribution in [3.05, 3.63) is 89.7 Å². The topological polar surface area (TPSA) is 88.1 Å². The fourth-order valence-electron chi connectivity index (χ4n) is 4.32. The van der Waals surface area contributed by atoms with Gasteiger partial charge in [-0.1, -0.05) is 24.3 Å². The molecule has 0 spiro atoms. The van der Waals surface area contributed by atoms with Crippen molar-refractivity contribution in [1.29, 1.82) is 0 Å². The van der Waals surface area contributed by atoms with E-state index in [1.807, 2.05) is 17.0 Å². The molecular formula is C26H24FN3O4S. The van der Waals surface area contributed by atoms with Crippen LogP contribution in [0.25, 0.3) is 0 Å². The first-order chi connectivity index (χ1) is 16.9. The van der Waals surface area contributed by atoms with Gasteiger partial charge in [-0.3, -0.25) is 4.79 Å². The lowest BCUT2D eigenvalue weighted by atomic mass is 9.95. The van der Waals surface area contributed by atoms with Gasteiger partial charge in [-0.2, -0.15) is 8.42 Å². The molecule has 2 aliphatic heterocycles. The van der Waals surface area contributed by atoms with Gasteiger partial charge in [-0.25, -0.2) is 4.39 Å². The van der Waals surface area contributed by atoms with Crippen molar-refractivity contribution < 1.29 is 22.3 Å². The summed E-state index contributed by atoms with van der Waals surface area (Å²) >= 11 is 0. The van der Waals surface area contributed by atoms with E-state index in [2.05, 4.69) is 9.71 Å². The number of amidine groups is 1. The van der Waals surface area contributed by atoms with E-state index < -0.39 is 10.0 Å². The Bertz CT molecular complexity index is 1360. The maximum atomic E-state index is 13.0. The first-order valence-electron chi connectivity index (χ1n) is 11.4. The third-order valence-electron chi connectivity index (χ3n) is 6.22. The molecule has 0 aromatic heterocycles. The summed E-state index contributed by atoms with van der Waals surface area (Å²) in [5.41, 5.74) is 1.56. The van der Waals surface area contributed by atoms with Crippen LogP contribution in [0.3, 0.4) is 0 Å². The van der Waals surface area contributed by atoms with Crippen molar-refractivity contribution in [2.75, 3.05) is 13.1 Å². The minimum Gasteiger partial charge on any atom is -0.457 e. The zero-order chi connectivity index (χ0) is 24.4. The molecule has 1 N–H and O–H groups in total. The second-order valence-corrected chi connectivity index (χ2v) is 10.1. The lowest BCUT2D eigenvalue weighted by Crippen LogP contribution is -2.42. The zero-order valence-corrected chi connectivity index (χ0v) is 19.7. The number of nitrogens with one attached hydrogen (secondary N) is 1. The number of hydrogen-bond acceptors (Lipinski definition) is 5. The minimum atomic E-state index is -3.65. The number of hydrogen-bond donors (Lipinski definition) is 1. The molecule has 7 nitrogen and oxygen atoms in total. The molecule has 9 heteroatoms. The summed E-state index contributed by atoms with van der Waals surface area (Å²) in [6, 6.07) is 20.0. The van der Waals surface area contributed by atoms with E-state index in [9.17, 15) is 17.6 Å². The van der Waals surface area contributed by atoms with Crippen LogP contribution in [0.4, 0.5) is 4.39 Å². The highest BCUT2D eigenvalue weighted by atomic mass is 32.2. The average Bonchev–Trinajstić information content (AvgIpc) is 3.16. The van der Waals surface area contributed by atoms with Crippen LogP contribution in [0, 0.1) is 11.7 Å². The summed E-state index contributed by atoms with van der Waals surface area (Å²) in [5, 5.41) is 2.99. The number of piperidine rings is 1. The van der Waals surface area contributed by atoms with Crippen LogP contribution in [0.15, 0.2) is 82.1 Å². The van der Waals surface area contributed by atoms with Crippen LogP contribution in [-0.4, -0.2) is 38.2 Å². The number of amides is 1. The van der Waals surface area contributed by atoms with Crippen molar-refractivity contribution in [3.8, 4) is 11.5 Å². The molecule has 3 aromatic carbocycles. The average molecular weight is 494 g/mol. The van der Waals surface area contributed by atoms with Gasteiger partial charge in [-0.05, 0) is 66.9 Å². The number of halogens is 1. The van der Waals surface area contributed by atoms with Gasteiger partial charge in [0.2, 0.25) is 5.91 Å². The highest BCUT2D eigenvalue weighted by Crippen LogP contribution is 2.30. The minimum absolute atomic E-state index is 0.0160. The number of benzene rings is 3. The quantitative estimate of drug-likeness (QED) is 0.578. The molecule has 1 amide bonds. The predicted octanol–water partition coefficient (Wildman–Crippen LogP) is 4.10. The maximum absolute atomic E-state index is 13.0. The van der Waals surface area contributed by atoms with Gasteiger partial charge in [0.05, 0.1) is 0 Å². The van der Waals surface area contributed by atoms with Crippen LogP contribution in [0.1, 0.15) is 24.0 Å². The van der Waals surface area contributed by atoms with Gasteiger partial charge >= 0.3 is 0 Å². The molecular weight excluding hydrogens is 469 g/mol.